The molecule has 3 aromatic rings. The van der Waals surface area contributed by atoms with Crippen LogP contribution in [-0.2, 0) is 6.54 Å². The average molecular weight is 351 g/mol. The number of carbonyl (C=O) groups is 2. The number of benzene rings is 1. The van der Waals surface area contributed by atoms with E-state index in [1.807, 2.05) is 18.3 Å². The maximum atomic E-state index is 12.4. The molecule has 1 aliphatic rings. The van der Waals surface area contributed by atoms with E-state index in [-0.39, 0.29) is 11.8 Å². The van der Waals surface area contributed by atoms with Crippen molar-refractivity contribution in [2.45, 2.75) is 11.4 Å². The van der Waals surface area contributed by atoms with E-state index in [0.29, 0.717) is 23.5 Å². The van der Waals surface area contributed by atoms with Crippen molar-refractivity contribution in [3.8, 4) is 0 Å². The van der Waals surface area contributed by atoms with Crippen molar-refractivity contribution in [3.05, 3.63) is 72.1 Å². The fourth-order valence-corrected chi connectivity index (χ4v) is 3.39. The molecule has 0 atom stereocenters. The second kappa shape index (κ2) is 6.40. The zero-order valence-electron chi connectivity index (χ0n) is 13.0. The fourth-order valence-electron chi connectivity index (χ4n) is 2.47. The Morgan fingerprint density at radius 3 is 2.92 bits per heavy atom. The van der Waals surface area contributed by atoms with Crippen LogP contribution in [0.15, 0.2) is 60.1 Å². The third-order valence-electron chi connectivity index (χ3n) is 3.70. The van der Waals surface area contributed by atoms with Gasteiger partial charge < -0.3 is 10.6 Å². The van der Waals surface area contributed by atoms with Gasteiger partial charge in [0.2, 0.25) is 0 Å². The first-order valence-corrected chi connectivity index (χ1v) is 8.31. The molecule has 1 aromatic carbocycles. The summed E-state index contributed by atoms with van der Waals surface area (Å²) in [6.07, 6.45) is 6.57. The Kier molecular flexibility index (Phi) is 3.95. The number of hydrogen-bond acceptors (Lipinski definition) is 5. The van der Waals surface area contributed by atoms with Gasteiger partial charge in [-0.1, -0.05) is 0 Å². The first kappa shape index (κ1) is 15.4. The summed E-state index contributed by atoms with van der Waals surface area (Å²) < 4.78 is 1.80. The number of nitrogens with zero attached hydrogens (tertiary/aromatic N) is 3. The highest BCUT2D eigenvalue weighted by atomic mass is 32.2. The normalized spacial score (nSPS) is 12.6. The van der Waals surface area contributed by atoms with E-state index in [9.17, 15) is 9.59 Å². The van der Waals surface area contributed by atoms with E-state index in [1.165, 1.54) is 18.3 Å². The van der Waals surface area contributed by atoms with Crippen molar-refractivity contribution in [2.75, 3.05) is 5.32 Å². The van der Waals surface area contributed by atoms with E-state index >= 15 is 0 Å². The number of aromatic nitrogens is 3. The van der Waals surface area contributed by atoms with Gasteiger partial charge >= 0.3 is 0 Å². The number of rotatable bonds is 3. The fraction of sp³-hybridized carbons (Fsp3) is 0.0588. The Hall–Kier alpha value is -3.13. The van der Waals surface area contributed by atoms with Crippen LogP contribution in [0.1, 0.15) is 26.4 Å². The second-order valence-corrected chi connectivity index (χ2v) is 6.42. The number of hydrogen-bond donors (Lipinski definition) is 2. The molecule has 0 saturated heterocycles. The highest BCUT2D eigenvalue weighted by Crippen LogP contribution is 2.33. The van der Waals surface area contributed by atoms with Crippen molar-refractivity contribution < 1.29 is 9.59 Å². The zero-order valence-corrected chi connectivity index (χ0v) is 13.8. The molecule has 2 N–H and O–H groups in total. The summed E-state index contributed by atoms with van der Waals surface area (Å²) in [6.45, 7) is 0.337. The van der Waals surface area contributed by atoms with Crippen LogP contribution in [0, 0.1) is 0 Å². The van der Waals surface area contributed by atoms with Gasteiger partial charge in [-0.15, -0.1) is 0 Å². The first-order chi connectivity index (χ1) is 12.2. The van der Waals surface area contributed by atoms with E-state index < -0.39 is 0 Å². The molecular formula is C17H13N5O2S. The molecule has 2 aromatic heterocycles. The van der Waals surface area contributed by atoms with Crippen LogP contribution in [-0.4, -0.2) is 25.8 Å². The molecule has 0 fully saturated rings. The molecule has 0 spiro atoms. The predicted octanol–water partition coefficient (Wildman–Crippen LogP) is 2.33. The van der Waals surface area contributed by atoms with Gasteiger partial charge in [-0.05, 0) is 42.3 Å². The lowest BCUT2D eigenvalue weighted by atomic mass is 10.1. The molecule has 2 amide bonds. The summed E-state index contributed by atoms with van der Waals surface area (Å²) in [7, 11) is 0. The molecule has 0 saturated carbocycles. The minimum absolute atomic E-state index is 0.199. The van der Waals surface area contributed by atoms with E-state index in [1.54, 1.807) is 34.6 Å². The van der Waals surface area contributed by atoms with Crippen molar-refractivity contribution in [1.82, 2.24) is 19.3 Å². The lowest BCUT2D eigenvalue weighted by Crippen LogP contribution is -2.23. The van der Waals surface area contributed by atoms with E-state index in [4.69, 9.17) is 0 Å². The molecule has 4 rings (SSSR count). The largest absolute Gasteiger partial charge is 0.348 e. The second-order valence-electron chi connectivity index (χ2n) is 5.40. The molecule has 3 heterocycles. The van der Waals surface area contributed by atoms with Crippen molar-refractivity contribution in [1.29, 1.82) is 0 Å². The molecule has 0 unspecified atom stereocenters. The Morgan fingerprint density at radius 2 is 2.08 bits per heavy atom. The molecule has 7 nitrogen and oxygen atoms in total. The predicted molar refractivity (Wildman–Crippen MR) is 93.3 cm³/mol. The van der Waals surface area contributed by atoms with Crippen LogP contribution in [0.4, 0.5) is 5.69 Å². The van der Waals surface area contributed by atoms with Gasteiger partial charge in [0.25, 0.3) is 11.8 Å². The van der Waals surface area contributed by atoms with Gasteiger partial charge in [-0.2, -0.15) is 0 Å². The molecule has 0 bridgehead atoms. The molecular weight excluding hydrogens is 338 g/mol. The molecule has 0 radical (unpaired) electrons. The van der Waals surface area contributed by atoms with Crippen LogP contribution >= 0.6 is 11.9 Å². The first-order valence-electron chi connectivity index (χ1n) is 7.54. The van der Waals surface area contributed by atoms with Gasteiger partial charge in [0.1, 0.15) is 12.0 Å². The summed E-state index contributed by atoms with van der Waals surface area (Å²) in [5.41, 5.74) is 2.47. The topological polar surface area (TPSA) is 88.9 Å². The third-order valence-corrected chi connectivity index (χ3v) is 4.77. The Balaban J connectivity index is 1.54. The van der Waals surface area contributed by atoms with Crippen LogP contribution in [0.25, 0.3) is 0 Å². The number of amides is 2. The maximum Gasteiger partial charge on any atom is 0.273 e. The highest BCUT2D eigenvalue weighted by molar-refractivity contribution is 7.98. The SMILES string of the molecule is O=C(NCc1cncnc1)c1ccc2c(c1)NC(=O)c1cccn1S2. The maximum absolute atomic E-state index is 12.4. The van der Waals surface area contributed by atoms with E-state index in [2.05, 4.69) is 20.6 Å². The van der Waals surface area contributed by atoms with Crippen molar-refractivity contribution in [3.63, 3.8) is 0 Å². The van der Waals surface area contributed by atoms with Crippen LogP contribution < -0.4 is 10.6 Å². The third kappa shape index (κ3) is 3.11. The molecule has 25 heavy (non-hydrogen) atoms. The smallest absolute Gasteiger partial charge is 0.273 e. The summed E-state index contributed by atoms with van der Waals surface area (Å²) in [4.78, 5) is 33.3. The lowest BCUT2D eigenvalue weighted by Gasteiger charge is -2.09. The quantitative estimate of drug-likeness (QED) is 0.756. The van der Waals surface area contributed by atoms with Gasteiger partial charge in [0, 0.05) is 36.3 Å². The molecule has 124 valence electrons. The monoisotopic (exact) mass is 351 g/mol. The van der Waals surface area contributed by atoms with Crippen LogP contribution in [0.2, 0.25) is 0 Å². The van der Waals surface area contributed by atoms with Crippen LogP contribution in [0.3, 0.4) is 0 Å². The summed E-state index contributed by atoms with van der Waals surface area (Å²) in [5, 5.41) is 5.67. The molecule has 8 heteroatoms. The van der Waals surface area contributed by atoms with Gasteiger partial charge in [-0.3, -0.25) is 13.6 Å². The number of nitrogens with one attached hydrogen (secondary N) is 2. The summed E-state index contributed by atoms with van der Waals surface area (Å²) in [5.74, 6) is -0.426. The van der Waals surface area contributed by atoms with Gasteiger partial charge in [0.05, 0.1) is 10.6 Å². The van der Waals surface area contributed by atoms with Crippen molar-refractivity contribution in [2.24, 2.45) is 0 Å². The number of carbonyl (C=O) groups excluding carboxylic acids is 2. The lowest BCUT2D eigenvalue weighted by molar-refractivity contribution is 0.0949. The van der Waals surface area contributed by atoms with E-state index in [0.717, 1.165) is 10.5 Å². The highest BCUT2D eigenvalue weighted by Gasteiger charge is 2.20. The minimum atomic E-state index is -0.227. The van der Waals surface area contributed by atoms with Crippen molar-refractivity contribution >= 4 is 29.4 Å². The molecule has 0 aliphatic carbocycles. The van der Waals surface area contributed by atoms with Gasteiger partial charge in [0.15, 0.2) is 0 Å². The number of anilines is 1. The van der Waals surface area contributed by atoms with Gasteiger partial charge in [-0.25, -0.2) is 9.97 Å². The standard InChI is InChI=1S/C17H13N5O2S/c23-16(20-9-11-7-18-10-19-8-11)12-3-4-15-13(6-12)21-17(24)14-2-1-5-22(14)25-15/h1-8,10H,9H2,(H,20,23)(H,21,24). The van der Waals surface area contributed by atoms with Crippen LogP contribution in [0.5, 0.6) is 0 Å². The summed E-state index contributed by atoms with van der Waals surface area (Å²) in [6, 6.07) is 8.83. The molecule has 1 aliphatic heterocycles. The number of fused-ring (bicyclic) bond motifs is 2. The minimum Gasteiger partial charge on any atom is -0.348 e. The Bertz CT molecular complexity index is 955. The zero-order chi connectivity index (χ0) is 17.2. The Morgan fingerprint density at radius 1 is 1.24 bits per heavy atom. The average Bonchev–Trinajstić information content (AvgIpc) is 3.05. The summed E-state index contributed by atoms with van der Waals surface area (Å²) >= 11 is 1.43. The Labute approximate surface area is 147 Å².